The summed E-state index contributed by atoms with van der Waals surface area (Å²) in [4.78, 5) is 65.8. The molecule has 2 unspecified atom stereocenters. The van der Waals surface area contributed by atoms with Crippen molar-refractivity contribution in [2.45, 2.75) is 24.5 Å². The molecule has 0 aromatic carbocycles. The monoisotopic (exact) mass is 545 g/mol. The minimum atomic E-state index is -5.72. The van der Waals surface area contributed by atoms with Crippen molar-refractivity contribution in [2.24, 2.45) is 0 Å². The number of phosphoric acid groups is 1. The summed E-state index contributed by atoms with van der Waals surface area (Å²) in [5.41, 5.74) is 4.45. The third-order valence-electron chi connectivity index (χ3n) is 4.03. The second-order valence-corrected chi connectivity index (χ2v) is 11.9. The normalized spacial score (nSPS) is 24.8. The van der Waals surface area contributed by atoms with E-state index in [2.05, 4.69) is 23.8 Å². The summed E-state index contributed by atoms with van der Waals surface area (Å²) in [5, 5.41) is 20.4. The number of nitrogens with one attached hydrogen (secondary N) is 1. The fraction of sp³-hybridized carbons (Fsp3) is 0.545. The fourth-order valence-corrected chi connectivity index (χ4v) is 6.91. The summed E-state index contributed by atoms with van der Waals surface area (Å²) < 4.78 is 47.8. The molecule has 5 N–H and O–H groups in total. The molecular formula is C11H14Li4N5O13P3. The van der Waals surface area contributed by atoms with Crippen molar-refractivity contribution in [3.8, 4) is 0 Å². The zero-order chi connectivity index (χ0) is 24.1. The molecule has 180 valence electrons. The number of H-pyrrole nitrogens is 1. The van der Waals surface area contributed by atoms with Gasteiger partial charge in [0.2, 0.25) is 5.95 Å². The van der Waals surface area contributed by atoms with Crippen molar-refractivity contribution in [2.75, 3.05) is 18.2 Å². The Balaban J connectivity index is 0. The van der Waals surface area contributed by atoms with Gasteiger partial charge in [-0.05, 0) is 0 Å². The number of nitrogens with zero attached hydrogens (tertiary/aromatic N) is 3. The van der Waals surface area contributed by atoms with Gasteiger partial charge in [0.1, 0.15) is 25.9 Å². The molecule has 0 bridgehead atoms. The molecule has 1 saturated heterocycles. The van der Waals surface area contributed by atoms with Crippen LogP contribution in [0.4, 0.5) is 5.95 Å². The van der Waals surface area contributed by atoms with Gasteiger partial charge in [0.25, 0.3) is 13.4 Å². The smallest absolute Gasteiger partial charge is 0.810 e. The molecule has 1 fully saturated rings. The van der Waals surface area contributed by atoms with E-state index in [1.807, 2.05) is 0 Å². The van der Waals surface area contributed by atoms with E-state index in [1.165, 1.54) is 0 Å². The average Bonchev–Trinajstić information content (AvgIpc) is 3.12. The van der Waals surface area contributed by atoms with Gasteiger partial charge < -0.3 is 53.9 Å². The Hall–Kier alpha value is 0.870. The number of nitrogen functional groups attached to an aromatic ring is 1. The number of aromatic nitrogens is 4. The van der Waals surface area contributed by atoms with E-state index >= 15 is 0 Å². The van der Waals surface area contributed by atoms with Gasteiger partial charge in [-0.25, -0.2) is 4.98 Å². The third kappa shape index (κ3) is 9.81. The summed E-state index contributed by atoms with van der Waals surface area (Å²) in [5.74, 6) is -2.40. The Morgan fingerprint density at radius 3 is 2.25 bits per heavy atom. The predicted molar refractivity (Wildman–Crippen MR) is 93.2 cm³/mol. The zero-order valence-electron chi connectivity index (χ0n) is 19.4. The summed E-state index contributed by atoms with van der Waals surface area (Å²) in [6.45, 7) is -1.08. The second-order valence-electron chi connectivity index (χ2n) is 6.51. The van der Waals surface area contributed by atoms with Crippen LogP contribution in [0.1, 0.15) is 6.23 Å². The first-order chi connectivity index (χ1) is 14.6. The first kappa shape index (κ1) is 39.0. The summed E-state index contributed by atoms with van der Waals surface area (Å²) >= 11 is 0. The SMILES string of the molecule is Nc1nc2c(ncn2[C@@H]2O[C@H](COP(=O)([O-])OP(=O)([O-])CP(=O)([O-])[O-])[C@@H](O)[C@H]2O)c(=O)[nH]1.[Li+].[Li+].[Li+].[Li+]. The number of anilines is 1. The number of ether oxygens (including phenoxy) is 1. The molecule has 3 rings (SSSR count). The molecule has 2 aromatic rings. The van der Waals surface area contributed by atoms with E-state index in [1.54, 1.807) is 0 Å². The van der Waals surface area contributed by atoms with E-state index in [0.717, 1.165) is 10.9 Å². The van der Waals surface area contributed by atoms with Gasteiger partial charge in [-0.15, -0.1) is 0 Å². The topological polar surface area (TPSA) is 301 Å². The van der Waals surface area contributed by atoms with Crippen LogP contribution in [0.2, 0.25) is 0 Å². The molecule has 0 aliphatic carbocycles. The van der Waals surface area contributed by atoms with Crippen LogP contribution in [0.15, 0.2) is 11.1 Å². The van der Waals surface area contributed by atoms with Crippen molar-refractivity contribution in [1.29, 1.82) is 0 Å². The maximum absolute atomic E-state index is 11.8. The number of aromatic amines is 1. The van der Waals surface area contributed by atoms with Gasteiger partial charge in [-0.1, -0.05) is 7.60 Å². The van der Waals surface area contributed by atoms with E-state index < -0.39 is 65.6 Å². The van der Waals surface area contributed by atoms with E-state index in [9.17, 15) is 48.3 Å². The first-order valence-electron chi connectivity index (χ1n) is 8.30. The number of imidazole rings is 1. The Kier molecular flexibility index (Phi) is 15.7. The second kappa shape index (κ2) is 14.5. The van der Waals surface area contributed by atoms with Crippen molar-refractivity contribution < 1.29 is 132 Å². The van der Waals surface area contributed by atoms with Crippen LogP contribution < -0.4 is 106 Å². The van der Waals surface area contributed by atoms with Crippen molar-refractivity contribution in [3.05, 3.63) is 16.7 Å². The van der Waals surface area contributed by atoms with Crippen LogP contribution in [-0.4, -0.2) is 60.6 Å². The molecule has 3 heterocycles. The first-order valence-corrected chi connectivity index (χ1v) is 13.2. The van der Waals surface area contributed by atoms with Crippen LogP contribution in [0.3, 0.4) is 0 Å². The molecular weight excluding hydrogens is 531 g/mol. The molecule has 0 saturated carbocycles. The number of hydrogen-bond donors (Lipinski definition) is 4. The molecule has 18 nitrogen and oxygen atoms in total. The number of fused-ring (bicyclic) bond motifs is 1. The van der Waals surface area contributed by atoms with Crippen LogP contribution in [0.25, 0.3) is 11.2 Å². The summed E-state index contributed by atoms with van der Waals surface area (Å²) in [7, 11) is -17.0. The molecule has 0 radical (unpaired) electrons. The Labute approximate surface area is 250 Å². The van der Waals surface area contributed by atoms with Gasteiger partial charge >= 0.3 is 75.4 Å². The number of aliphatic hydroxyl groups excluding tert-OH is 2. The fourth-order valence-electron chi connectivity index (χ4n) is 2.80. The van der Waals surface area contributed by atoms with Crippen molar-refractivity contribution in [1.82, 2.24) is 19.5 Å². The maximum atomic E-state index is 11.8. The number of hydrogen-bond acceptors (Lipinski definition) is 16. The number of phosphoric ester groups is 1. The molecule has 0 spiro atoms. The molecule has 1 aliphatic rings. The third-order valence-corrected chi connectivity index (χ3v) is 9.06. The molecule has 1 aliphatic heterocycles. The molecule has 36 heavy (non-hydrogen) atoms. The van der Waals surface area contributed by atoms with Gasteiger partial charge in [0.15, 0.2) is 17.4 Å². The standard InChI is InChI=1S/C11H18N5O13P3.4Li/c12-11-14-8-5(9(19)15-11)13-2-16(8)10-7(18)6(17)4(28-10)1-27-32(25,26)29-31(23,24)3-30(20,21)22;;;;/h2,4,6-7,10,17-18H,1,3H2,(H,23,24)(H,25,26)(H2,20,21,22)(H3,12,14,15,19);;;;/q;4*+1/p-4/t4-,6-,7-,10-;;;;/m1..../s1. The Morgan fingerprint density at radius 1 is 1.11 bits per heavy atom. The van der Waals surface area contributed by atoms with E-state index in [4.69, 9.17) is 10.5 Å². The van der Waals surface area contributed by atoms with Crippen LogP contribution in [0.5, 0.6) is 0 Å². The molecule has 25 heteroatoms. The molecule has 6 atom stereocenters. The summed E-state index contributed by atoms with van der Waals surface area (Å²) in [6, 6.07) is 0. The maximum Gasteiger partial charge on any atom is 1.00 e. The number of rotatable bonds is 8. The Bertz CT molecular complexity index is 1230. The largest absolute Gasteiger partial charge is 1.00 e. The van der Waals surface area contributed by atoms with Crippen LogP contribution in [0, 0.1) is 0 Å². The van der Waals surface area contributed by atoms with Crippen molar-refractivity contribution >= 4 is 40.1 Å². The molecule has 2 aromatic heterocycles. The minimum Gasteiger partial charge on any atom is -0.810 e. The van der Waals surface area contributed by atoms with Crippen molar-refractivity contribution in [3.63, 3.8) is 0 Å². The number of aliphatic hydroxyl groups is 2. The van der Waals surface area contributed by atoms with Gasteiger partial charge in [-0.2, -0.15) is 4.98 Å². The minimum absolute atomic E-state index is 0. The summed E-state index contributed by atoms with van der Waals surface area (Å²) in [6.07, 6.45) is -5.47. The quantitative estimate of drug-likeness (QED) is 0.177. The predicted octanol–water partition coefficient (Wildman–Crippen LogP) is -16.7. The molecule has 0 amide bonds. The van der Waals surface area contributed by atoms with E-state index in [0.29, 0.717) is 0 Å². The number of nitrogens with two attached hydrogens (primary N) is 1. The Morgan fingerprint density at radius 2 is 1.69 bits per heavy atom. The van der Waals surface area contributed by atoms with Gasteiger partial charge in [0, 0.05) is 5.90 Å². The van der Waals surface area contributed by atoms with E-state index in [-0.39, 0.29) is 92.6 Å². The van der Waals surface area contributed by atoms with Crippen LogP contribution in [-0.2, 0) is 27.3 Å². The zero-order valence-corrected chi connectivity index (χ0v) is 22.1. The van der Waals surface area contributed by atoms with Gasteiger partial charge in [-0.3, -0.25) is 23.2 Å². The average molecular weight is 545 g/mol. The van der Waals surface area contributed by atoms with Crippen LogP contribution >= 0.6 is 23.0 Å². The van der Waals surface area contributed by atoms with Gasteiger partial charge in [0.05, 0.1) is 12.9 Å².